The highest BCUT2D eigenvalue weighted by atomic mass is 19.4. The standard InChI is InChI=1S/C11H15F3N2O2/c12-11(13,14)7-15-6-4-9(17)16-5-2-1-3-8(16)10(15)18/h8H,1-7H2. The maximum atomic E-state index is 12.4. The normalized spacial score (nSPS) is 26.1. The molecule has 4 nitrogen and oxygen atoms in total. The van der Waals surface area contributed by atoms with Crippen molar-refractivity contribution in [3.05, 3.63) is 0 Å². The zero-order valence-corrected chi connectivity index (χ0v) is 9.87. The summed E-state index contributed by atoms with van der Waals surface area (Å²) in [5.41, 5.74) is 0. The van der Waals surface area contributed by atoms with E-state index in [9.17, 15) is 22.8 Å². The molecule has 0 N–H and O–H groups in total. The molecule has 18 heavy (non-hydrogen) atoms. The van der Waals surface area contributed by atoms with Crippen LogP contribution in [0.15, 0.2) is 0 Å². The quantitative estimate of drug-likeness (QED) is 0.713. The third-order valence-corrected chi connectivity index (χ3v) is 3.39. The van der Waals surface area contributed by atoms with Crippen molar-refractivity contribution in [2.45, 2.75) is 37.9 Å². The number of fused-ring (bicyclic) bond motifs is 1. The Morgan fingerprint density at radius 2 is 1.89 bits per heavy atom. The van der Waals surface area contributed by atoms with Gasteiger partial charge in [-0.25, -0.2) is 0 Å². The Morgan fingerprint density at radius 1 is 1.17 bits per heavy atom. The van der Waals surface area contributed by atoms with Gasteiger partial charge in [0.2, 0.25) is 11.8 Å². The predicted octanol–water partition coefficient (Wildman–Crippen LogP) is 1.16. The fourth-order valence-electron chi connectivity index (χ4n) is 2.56. The van der Waals surface area contributed by atoms with Crippen LogP contribution in [0.4, 0.5) is 13.2 Å². The van der Waals surface area contributed by atoms with Crippen LogP contribution in [0, 0.1) is 0 Å². The summed E-state index contributed by atoms with van der Waals surface area (Å²) < 4.78 is 37.1. The highest BCUT2D eigenvalue weighted by Crippen LogP contribution is 2.25. The van der Waals surface area contributed by atoms with E-state index in [1.54, 1.807) is 0 Å². The molecule has 2 saturated heterocycles. The molecule has 102 valence electrons. The average Bonchev–Trinajstić information content (AvgIpc) is 2.41. The van der Waals surface area contributed by atoms with Gasteiger partial charge in [-0.2, -0.15) is 13.2 Å². The first-order valence-corrected chi connectivity index (χ1v) is 6.03. The van der Waals surface area contributed by atoms with E-state index in [2.05, 4.69) is 0 Å². The highest BCUT2D eigenvalue weighted by molar-refractivity contribution is 5.90. The minimum atomic E-state index is -4.41. The molecule has 0 aromatic heterocycles. The largest absolute Gasteiger partial charge is 0.406 e. The van der Waals surface area contributed by atoms with Crippen LogP contribution >= 0.6 is 0 Å². The molecule has 7 heteroatoms. The van der Waals surface area contributed by atoms with Crippen molar-refractivity contribution in [1.29, 1.82) is 0 Å². The number of hydrogen-bond acceptors (Lipinski definition) is 2. The Kier molecular flexibility index (Phi) is 3.49. The van der Waals surface area contributed by atoms with Crippen molar-refractivity contribution in [1.82, 2.24) is 9.80 Å². The molecule has 2 fully saturated rings. The molecule has 0 radical (unpaired) electrons. The molecule has 0 spiro atoms. The first kappa shape index (κ1) is 13.2. The molecule has 2 aliphatic heterocycles. The van der Waals surface area contributed by atoms with E-state index < -0.39 is 24.7 Å². The van der Waals surface area contributed by atoms with E-state index in [4.69, 9.17) is 0 Å². The lowest BCUT2D eigenvalue weighted by Gasteiger charge is -2.34. The van der Waals surface area contributed by atoms with Crippen molar-refractivity contribution >= 4 is 11.8 Å². The van der Waals surface area contributed by atoms with E-state index >= 15 is 0 Å². The number of amides is 2. The molecule has 0 saturated carbocycles. The summed E-state index contributed by atoms with van der Waals surface area (Å²) in [6.07, 6.45) is -2.37. The van der Waals surface area contributed by atoms with Gasteiger partial charge in [0.15, 0.2) is 0 Å². The van der Waals surface area contributed by atoms with Crippen LogP contribution in [-0.4, -0.2) is 53.5 Å². The summed E-state index contributed by atoms with van der Waals surface area (Å²) in [4.78, 5) is 26.0. The van der Waals surface area contributed by atoms with E-state index in [0.29, 0.717) is 13.0 Å². The van der Waals surface area contributed by atoms with E-state index in [0.717, 1.165) is 17.7 Å². The van der Waals surface area contributed by atoms with E-state index in [1.807, 2.05) is 0 Å². The van der Waals surface area contributed by atoms with Gasteiger partial charge >= 0.3 is 6.18 Å². The van der Waals surface area contributed by atoms with Gasteiger partial charge in [-0.1, -0.05) is 0 Å². The van der Waals surface area contributed by atoms with Crippen LogP contribution in [0.2, 0.25) is 0 Å². The molecule has 2 amide bonds. The predicted molar refractivity (Wildman–Crippen MR) is 56.6 cm³/mol. The molecule has 0 aromatic rings. The maximum Gasteiger partial charge on any atom is 0.406 e. The molecule has 2 aliphatic rings. The lowest BCUT2D eigenvalue weighted by atomic mass is 10.0. The third kappa shape index (κ3) is 2.76. The summed E-state index contributed by atoms with van der Waals surface area (Å²) in [6.45, 7) is -0.914. The van der Waals surface area contributed by atoms with Crippen LogP contribution < -0.4 is 0 Å². The molecule has 0 bridgehead atoms. The van der Waals surface area contributed by atoms with Gasteiger partial charge in [-0.3, -0.25) is 9.59 Å². The number of nitrogens with zero attached hydrogens (tertiary/aromatic N) is 2. The Hall–Kier alpha value is -1.27. The second-order valence-corrected chi connectivity index (χ2v) is 4.72. The van der Waals surface area contributed by atoms with Gasteiger partial charge in [0.1, 0.15) is 12.6 Å². The van der Waals surface area contributed by atoms with E-state index in [-0.39, 0.29) is 18.9 Å². The second-order valence-electron chi connectivity index (χ2n) is 4.72. The number of carbonyl (C=O) groups is 2. The molecule has 0 aliphatic carbocycles. The van der Waals surface area contributed by atoms with Crippen LogP contribution in [0.1, 0.15) is 25.7 Å². The molecular weight excluding hydrogens is 249 g/mol. The van der Waals surface area contributed by atoms with Crippen molar-refractivity contribution in [3.63, 3.8) is 0 Å². The highest BCUT2D eigenvalue weighted by Gasteiger charge is 2.41. The Balaban J connectivity index is 2.15. The number of halogens is 3. The Morgan fingerprint density at radius 3 is 2.56 bits per heavy atom. The number of rotatable bonds is 1. The van der Waals surface area contributed by atoms with Gasteiger partial charge in [0.05, 0.1) is 0 Å². The SMILES string of the molecule is O=C1C2CCCCN2C(=O)CCN1CC(F)(F)F. The lowest BCUT2D eigenvalue weighted by molar-refractivity contribution is -0.163. The minimum Gasteiger partial charge on any atom is -0.331 e. The fraction of sp³-hybridized carbons (Fsp3) is 0.818. The summed E-state index contributed by atoms with van der Waals surface area (Å²) in [6, 6.07) is -0.684. The maximum absolute atomic E-state index is 12.4. The molecule has 1 unspecified atom stereocenters. The number of hydrogen-bond donors (Lipinski definition) is 0. The number of alkyl halides is 3. The van der Waals surface area contributed by atoms with Crippen LogP contribution in [0.5, 0.6) is 0 Å². The van der Waals surface area contributed by atoms with Crippen LogP contribution in [0.25, 0.3) is 0 Å². The Bertz CT molecular complexity index is 357. The molecule has 2 heterocycles. The first-order valence-electron chi connectivity index (χ1n) is 6.03. The van der Waals surface area contributed by atoms with Crippen molar-refractivity contribution in [2.75, 3.05) is 19.6 Å². The summed E-state index contributed by atoms with van der Waals surface area (Å²) in [5, 5.41) is 0. The topological polar surface area (TPSA) is 40.6 Å². The average molecular weight is 264 g/mol. The number of carbonyl (C=O) groups excluding carboxylic acids is 2. The van der Waals surface area contributed by atoms with Gasteiger partial charge in [-0.15, -0.1) is 0 Å². The first-order chi connectivity index (χ1) is 8.38. The smallest absolute Gasteiger partial charge is 0.331 e. The van der Waals surface area contributed by atoms with Crippen molar-refractivity contribution in [3.8, 4) is 0 Å². The van der Waals surface area contributed by atoms with Gasteiger partial charge < -0.3 is 9.80 Å². The summed E-state index contributed by atoms with van der Waals surface area (Å²) in [5.74, 6) is -0.768. The Labute approximate surface area is 103 Å². The monoisotopic (exact) mass is 264 g/mol. The zero-order valence-electron chi connectivity index (χ0n) is 9.87. The minimum absolute atomic E-state index is 0.0156. The van der Waals surface area contributed by atoms with E-state index in [1.165, 1.54) is 4.90 Å². The second kappa shape index (κ2) is 4.78. The van der Waals surface area contributed by atoms with Crippen LogP contribution in [-0.2, 0) is 9.59 Å². The lowest BCUT2D eigenvalue weighted by Crippen LogP contribution is -2.51. The fourth-order valence-corrected chi connectivity index (χ4v) is 2.56. The summed E-state index contributed by atoms with van der Waals surface area (Å²) in [7, 11) is 0. The third-order valence-electron chi connectivity index (χ3n) is 3.39. The summed E-state index contributed by atoms with van der Waals surface area (Å²) >= 11 is 0. The van der Waals surface area contributed by atoms with Gasteiger partial charge in [-0.05, 0) is 19.3 Å². The van der Waals surface area contributed by atoms with Gasteiger partial charge in [0.25, 0.3) is 0 Å². The number of piperidine rings is 1. The van der Waals surface area contributed by atoms with Crippen molar-refractivity contribution < 1.29 is 22.8 Å². The molecular formula is C11H15F3N2O2. The van der Waals surface area contributed by atoms with Gasteiger partial charge in [0, 0.05) is 19.5 Å². The molecule has 0 aromatic carbocycles. The van der Waals surface area contributed by atoms with Crippen molar-refractivity contribution in [2.24, 2.45) is 0 Å². The zero-order chi connectivity index (χ0) is 13.3. The molecule has 1 atom stereocenters. The van der Waals surface area contributed by atoms with Crippen LogP contribution in [0.3, 0.4) is 0 Å². The molecule has 2 rings (SSSR count).